The Bertz CT molecular complexity index is 404. The number of thiazole rings is 1. The Morgan fingerprint density at radius 2 is 1.89 bits per heavy atom. The number of nitrogens with two attached hydrogens (primary N) is 1. The van der Waals surface area contributed by atoms with Crippen LogP contribution in [0.3, 0.4) is 0 Å². The fourth-order valence-electron chi connectivity index (χ4n) is 1.75. The fraction of sp³-hybridized carbons (Fsp3) is 0.786. The van der Waals surface area contributed by atoms with E-state index < -0.39 is 0 Å². The smallest absolute Gasteiger partial charge is 0.0945 e. The Morgan fingerprint density at radius 1 is 1.32 bits per heavy atom. The molecule has 0 amide bonds. The van der Waals surface area contributed by atoms with Crippen LogP contribution in [-0.2, 0) is 11.8 Å². The molecule has 0 radical (unpaired) electrons. The van der Waals surface area contributed by atoms with Gasteiger partial charge in [-0.25, -0.2) is 4.98 Å². The lowest BCUT2D eigenvalue weighted by Gasteiger charge is -2.39. The average Bonchev–Trinajstić information content (AvgIpc) is 2.73. The third-order valence-electron chi connectivity index (χ3n) is 3.91. The third-order valence-corrected chi connectivity index (χ3v) is 4.78. The molecule has 0 aliphatic rings. The minimum Gasteiger partial charge on any atom is -0.303 e. The van der Waals surface area contributed by atoms with Crippen LogP contribution in [0.1, 0.15) is 45.3 Å². The summed E-state index contributed by atoms with van der Waals surface area (Å²) < 4.78 is 0. The summed E-state index contributed by atoms with van der Waals surface area (Å²) in [6, 6.07) is 0.168. The van der Waals surface area contributed by atoms with Crippen molar-refractivity contribution in [3.63, 3.8) is 0 Å². The standard InChI is InChI=1S/C14H28N4S/c1-13(2,3)11-9-19-12(16-11)8-10(17-15)14(4,5)18(6)7/h9-10,17H,8,15H2,1-7H3. The fourth-order valence-corrected chi connectivity index (χ4v) is 2.82. The van der Waals surface area contributed by atoms with Crippen molar-refractivity contribution in [2.45, 2.75) is 58.0 Å². The van der Waals surface area contributed by atoms with Crippen molar-refractivity contribution in [3.05, 3.63) is 16.1 Å². The Balaban J connectivity index is 2.86. The maximum absolute atomic E-state index is 5.74. The van der Waals surface area contributed by atoms with Crippen LogP contribution < -0.4 is 11.3 Å². The van der Waals surface area contributed by atoms with Crippen LogP contribution in [0.5, 0.6) is 0 Å². The molecule has 1 aromatic heterocycles. The molecule has 0 aromatic carbocycles. The predicted octanol–water partition coefficient (Wildman–Crippen LogP) is 2.16. The van der Waals surface area contributed by atoms with E-state index in [0.29, 0.717) is 0 Å². The first-order valence-electron chi connectivity index (χ1n) is 6.67. The van der Waals surface area contributed by atoms with Crippen LogP contribution >= 0.6 is 11.3 Å². The topological polar surface area (TPSA) is 54.2 Å². The lowest BCUT2D eigenvalue weighted by Crippen LogP contribution is -2.58. The lowest BCUT2D eigenvalue weighted by atomic mass is 9.91. The Labute approximate surface area is 121 Å². The van der Waals surface area contributed by atoms with Gasteiger partial charge in [0.2, 0.25) is 0 Å². The molecular weight excluding hydrogens is 256 g/mol. The van der Waals surface area contributed by atoms with Gasteiger partial charge >= 0.3 is 0 Å². The van der Waals surface area contributed by atoms with Gasteiger partial charge in [-0.05, 0) is 27.9 Å². The molecule has 110 valence electrons. The molecule has 1 rings (SSSR count). The molecular formula is C14H28N4S. The monoisotopic (exact) mass is 284 g/mol. The first-order chi connectivity index (χ1) is 8.59. The summed E-state index contributed by atoms with van der Waals surface area (Å²) in [6.45, 7) is 10.9. The Morgan fingerprint density at radius 3 is 2.26 bits per heavy atom. The van der Waals surface area contributed by atoms with E-state index in [4.69, 9.17) is 10.8 Å². The molecule has 0 fully saturated rings. The zero-order valence-electron chi connectivity index (χ0n) is 13.2. The van der Waals surface area contributed by atoms with E-state index in [1.165, 1.54) is 0 Å². The van der Waals surface area contributed by atoms with E-state index in [9.17, 15) is 0 Å². The van der Waals surface area contributed by atoms with Crippen LogP contribution in [0.25, 0.3) is 0 Å². The second-order valence-corrected chi connectivity index (χ2v) is 7.79. The molecule has 5 heteroatoms. The second kappa shape index (κ2) is 5.87. The van der Waals surface area contributed by atoms with Gasteiger partial charge in [0.05, 0.1) is 10.7 Å². The predicted molar refractivity (Wildman–Crippen MR) is 83.4 cm³/mol. The molecule has 0 saturated carbocycles. The molecule has 0 aliphatic heterocycles. The number of nitrogens with zero attached hydrogens (tertiary/aromatic N) is 2. The van der Waals surface area contributed by atoms with Crippen molar-refractivity contribution >= 4 is 11.3 Å². The molecule has 0 aliphatic carbocycles. The summed E-state index contributed by atoms with van der Waals surface area (Å²) in [5, 5.41) is 3.30. The summed E-state index contributed by atoms with van der Waals surface area (Å²) in [4.78, 5) is 6.94. The highest BCUT2D eigenvalue weighted by atomic mass is 32.1. The number of nitrogens with one attached hydrogen (secondary N) is 1. The summed E-state index contributed by atoms with van der Waals surface area (Å²) in [6.07, 6.45) is 0.850. The quantitative estimate of drug-likeness (QED) is 0.642. The summed E-state index contributed by atoms with van der Waals surface area (Å²) in [5.41, 5.74) is 4.19. The van der Waals surface area contributed by atoms with Gasteiger partial charge in [0.15, 0.2) is 0 Å². The van der Waals surface area contributed by atoms with Crippen molar-refractivity contribution in [2.75, 3.05) is 14.1 Å². The highest BCUT2D eigenvalue weighted by Gasteiger charge is 2.32. The zero-order chi connectivity index (χ0) is 14.8. The normalized spacial score (nSPS) is 15.0. The first-order valence-corrected chi connectivity index (χ1v) is 7.55. The molecule has 1 aromatic rings. The number of hydrazine groups is 1. The molecule has 1 unspecified atom stereocenters. The maximum Gasteiger partial charge on any atom is 0.0945 e. The molecule has 0 spiro atoms. The molecule has 3 N–H and O–H groups in total. The minimum absolute atomic E-state index is 0.0255. The van der Waals surface area contributed by atoms with Crippen molar-refractivity contribution in [1.82, 2.24) is 15.3 Å². The third kappa shape index (κ3) is 3.99. The maximum atomic E-state index is 5.74. The van der Waals surface area contributed by atoms with Gasteiger partial charge in [0, 0.05) is 28.8 Å². The Hall–Kier alpha value is -0.490. The van der Waals surface area contributed by atoms with Crippen LogP contribution in [0.2, 0.25) is 0 Å². The van der Waals surface area contributed by atoms with Gasteiger partial charge in [-0.3, -0.25) is 11.3 Å². The van der Waals surface area contributed by atoms with E-state index in [1.54, 1.807) is 11.3 Å². The molecule has 0 saturated heterocycles. The van der Waals surface area contributed by atoms with E-state index in [2.05, 4.69) is 64.4 Å². The summed E-state index contributed by atoms with van der Waals surface area (Å²) >= 11 is 1.72. The van der Waals surface area contributed by atoms with Gasteiger partial charge in [-0.15, -0.1) is 11.3 Å². The highest BCUT2D eigenvalue weighted by molar-refractivity contribution is 7.09. The van der Waals surface area contributed by atoms with Crippen molar-refractivity contribution < 1.29 is 0 Å². The largest absolute Gasteiger partial charge is 0.303 e. The zero-order valence-corrected chi connectivity index (χ0v) is 14.1. The van der Waals surface area contributed by atoms with Gasteiger partial charge in [-0.2, -0.15) is 0 Å². The SMILES string of the molecule is CN(C)C(C)(C)C(Cc1nc(C(C)(C)C)cs1)NN. The van der Waals surface area contributed by atoms with Gasteiger partial charge in [-0.1, -0.05) is 20.8 Å². The Kier molecular flexibility index (Phi) is 5.12. The van der Waals surface area contributed by atoms with Crippen molar-refractivity contribution in [1.29, 1.82) is 0 Å². The number of rotatable bonds is 5. The van der Waals surface area contributed by atoms with Gasteiger partial charge in [0.1, 0.15) is 0 Å². The van der Waals surface area contributed by atoms with Crippen LogP contribution in [0, 0.1) is 0 Å². The van der Waals surface area contributed by atoms with E-state index >= 15 is 0 Å². The molecule has 0 bridgehead atoms. The molecule has 1 heterocycles. The van der Waals surface area contributed by atoms with E-state index in [0.717, 1.165) is 17.1 Å². The van der Waals surface area contributed by atoms with Crippen molar-refractivity contribution in [3.8, 4) is 0 Å². The number of hydrogen-bond donors (Lipinski definition) is 2. The molecule has 4 nitrogen and oxygen atoms in total. The summed E-state index contributed by atoms with van der Waals surface area (Å²) in [7, 11) is 4.15. The second-order valence-electron chi connectivity index (χ2n) is 6.85. The number of aromatic nitrogens is 1. The van der Waals surface area contributed by atoms with Gasteiger partial charge < -0.3 is 4.90 Å². The molecule has 19 heavy (non-hydrogen) atoms. The summed E-state index contributed by atoms with van der Waals surface area (Å²) in [5.74, 6) is 5.74. The van der Waals surface area contributed by atoms with Crippen molar-refractivity contribution in [2.24, 2.45) is 5.84 Å². The highest BCUT2D eigenvalue weighted by Crippen LogP contribution is 2.26. The van der Waals surface area contributed by atoms with Crippen LogP contribution in [0.15, 0.2) is 5.38 Å². The number of likely N-dealkylation sites (N-methyl/N-ethyl adjacent to an activating group) is 1. The van der Waals surface area contributed by atoms with E-state index in [-0.39, 0.29) is 17.0 Å². The van der Waals surface area contributed by atoms with Crippen LogP contribution in [0.4, 0.5) is 0 Å². The minimum atomic E-state index is -0.0255. The first kappa shape index (κ1) is 16.6. The lowest BCUT2D eigenvalue weighted by molar-refractivity contribution is 0.137. The molecule has 1 atom stereocenters. The van der Waals surface area contributed by atoms with Crippen LogP contribution in [-0.4, -0.2) is 35.6 Å². The number of hydrogen-bond acceptors (Lipinski definition) is 5. The van der Waals surface area contributed by atoms with Gasteiger partial charge in [0.25, 0.3) is 0 Å². The van der Waals surface area contributed by atoms with E-state index in [1.807, 2.05) is 0 Å². The average molecular weight is 284 g/mol.